The first kappa shape index (κ1) is 12.8. The molecule has 2 aromatic rings. The number of carboxylic acid groups (broad SMARTS) is 1. The molecule has 0 saturated heterocycles. The third-order valence-corrected chi connectivity index (χ3v) is 3.35. The van der Waals surface area contributed by atoms with E-state index < -0.39 is 5.97 Å². The second-order valence-electron chi connectivity index (χ2n) is 3.34. The van der Waals surface area contributed by atoms with Gasteiger partial charge in [-0.2, -0.15) is 5.10 Å². The predicted molar refractivity (Wildman–Crippen MR) is 68.6 cm³/mol. The summed E-state index contributed by atoms with van der Waals surface area (Å²) in [6, 6.07) is 6.78. The molecule has 1 N–H and O–H groups in total. The fraction of sp³-hybridized carbons (Fsp3) is 0. The van der Waals surface area contributed by atoms with Crippen LogP contribution >= 0.6 is 27.5 Å². The number of para-hydroxylation sites is 1. The molecule has 2 rings (SSSR count). The summed E-state index contributed by atoms with van der Waals surface area (Å²) in [5.41, 5.74) is 0.140. The van der Waals surface area contributed by atoms with Gasteiger partial charge in [-0.05, 0) is 28.1 Å². The highest BCUT2D eigenvalue weighted by atomic mass is 79.9. The normalized spacial score (nSPS) is 10.3. The predicted octanol–water partition coefficient (Wildman–Crippen LogP) is 2.80. The molecular weight excluding hydrogens is 323 g/mol. The highest BCUT2D eigenvalue weighted by Crippen LogP contribution is 2.27. The van der Waals surface area contributed by atoms with E-state index in [4.69, 9.17) is 16.7 Å². The van der Waals surface area contributed by atoms with E-state index in [1.165, 1.54) is 4.68 Å². The second kappa shape index (κ2) is 4.91. The topological polar surface area (TPSA) is 72.2 Å². The molecule has 0 aliphatic carbocycles. The molecule has 0 saturated carbocycles. The minimum atomic E-state index is -1.27. The number of halogens is 2. The molecule has 1 aromatic heterocycles. The third kappa shape index (κ3) is 2.04. The van der Waals surface area contributed by atoms with Crippen molar-refractivity contribution in [2.45, 2.75) is 0 Å². The number of hydrogen-bond donors (Lipinski definition) is 1. The van der Waals surface area contributed by atoms with Crippen LogP contribution in [0.2, 0.25) is 5.02 Å². The fourth-order valence-corrected chi connectivity index (χ4v) is 2.22. The Labute approximate surface area is 115 Å². The van der Waals surface area contributed by atoms with Gasteiger partial charge in [0.15, 0.2) is 12.0 Å². The molecule has 0 amide bonds. The zero-order chi connectivity index (χ0) is 13.3. The Morgan fingerprint density at radius 3 is 2.61 bits per heavy atom. The van der Waals surface area contributed by atoms with Crippen LogP contribution < -0.4 is 0 Å². The van der Waals surface area contributed by atoms with Gasteiger partial charge in [-0.1, -0.05) is 23.7 Å². The first-order valence-electron chi connectivity index (χ1n) is 4.78. The SMILES string of the molecule is O=Cc1c(C(=O)O)nn(-c2ccccc2Cl)c1Br. The van der Waals surface area contributed by atoms with Crippen LogP contribution in [0.1, 0.15) is 20.8 Å². The zero-order valence-electron chi connectivity index (χ0n) is 8.80. The van der Waals surface area contributed by atoms with Gasteiger partial charge in [-0.25, -0.2) is 9.48 Å². The summed E-state index contributed by atoms with van der Waals surface area (Å²) in [5, 5.41) is 13.2. The van der Waals surface area contributed by atoms with E-state index in [1.54, 1.807) is 24.3 Å². The number of hydrogen-bond acceptors (Lipinski definition) is 3. The maximum Gasteiger partial charge on any atom is 0.357 e. The van der Waals surface area contributed by atoms with Crippen LogP contribution in [0, 0.1) is 0 Å². The summed E-state index contributed by atoms with van der Waals surface area (Å²) < 4.78 is 1.53. The van der Waals surface area contributed by atoms with Gasteiger partial charge in [0.25, 0.3) is 0 Å². The van der Waals surface area contributed by atoms with E-state index >= 15 is 0 Å². The van der Waals surface area contributed by atoms with Crippen molar-refractivity contribution in [3.63, 3.8) is 0 Å². The van der Waals surface area contributed by atoms with E-state index in [-0.39, 0.29) is 15.9 Å². The van der Waals surface area contributed by atoms with Gasteiger partial charge in [-0.15, -0.1) is 0 Å². The highest BCUT2D eigenvalue weighted by molar-refractivity contribution is 9.10. The average molecular weight is 330 g/mol. The first-order valence-corrected chi connectivity index (χ1v) is 5.95. The number of aromatic nitrogens is 2. The number of aromatic carboxylic acids is 1. The third-order valence-electron chi connectivity index (χ3n) is 2.26. The molecule has 0 fully saturated rings. The average Bonchev–Trinajstić information content (AvgIpc) is 2.67. The minimum absolute atomic E-state index is 0.0255. The van der Waals surface area contributed by atoms with Crippen molar-refractivity contribution in [1.29, 1.82) is 0 Å². The van der Waals surface area contributed by atoms with Crippen molar-refractivity contribution in [3.05, 3.63) is 45.1 Å². The summed E-state index contributed by atoms with van der Waals surface area (Å²) in [4.78, 5) is 21.9. The number of carbonyl (C=O) groups is 2. The Balaban J connectivity index is 2.70. The molecule has 1 heterocycles. The van der Waals surface area contributed by atoms with E-state index in [0.29, 0.717) is 17.0 Å². The largest absolute Gasteiger partial charge is 0.476 e. The Morgan fingerprint density at radius 2 is 2.11 bits per heavy atom. The maximum atomic E-state index is 11.0. The van der Waals surface area contributed by atoms with Gasteiger partial charge < -0.3 is 5.11 Å². The molecule has 18 heavy (non-hydrogen) atoms. The van der Waals surface area contributed by atoms with Gasteiger partial charge in [-0.3, -0.25) is 4.79 Å². The van der Waals surface area contributed by atoms with E-state index in [0.717, 1.165) is 0 Å². The minimum Gasteiger partial charge on any atom is -0.476 e. The monoisotopic (exact) mass is 328 g/mol. The molecule has 0 aliphatic rings. The van der Waals surface area contributed by atoms with Crippen molar-refractivity contribution in [3.8, 4) is 5.69 Å². The van der Waals surface area contributed by atoms with Gasteiger partial charge in [0.1, 0.15) is 4.60 Å². The maximum absolute atomic E-state index is 11.0. The second-order valence-corrected chi connectivity index (χ2v) is 4.50. The molecule has 5 nitrogen and oxygen atoms in total. The van der Waals surface area contributed by atoms with Crippen LogP contribution in [0.25, 0.3) is 5.69 Å². The smallest absolute Gasteiger partial charge is 0.357 e. The van der Waals surface area contributed by atoms with E-state index in [2.05, 4.69) is 21.0 Å². The van der Waals surface area contributed by atoms with Crippen molar-refractivity contribution >= 4 is 39.8 Å². The number of aldehydes is 1. The summed E-state index contributed by atoms with van der Waals surface area (Å²) >= 11 is 9.15. The van der Waals surface area contributed by atoms with Crippen molar-refractivity contribution in [2.75, 3.05) is 0 Å². The molecular formula is C11H6BrClN2O3. The summed E-state index contributed by atoms with van der Waals surface area (Å²) in [6.45, 7) is 0. The van der Waals surface area contributed by atoms with Crippen LogP contribution in [-0.4, -0.2) is 27.1 Å². The standard InChI is InChI=1S/C11H6BrClN2O3/c12-10-6(5-16)9(11(17)18)14-15(10)8-4-2-1-3-7(8)13/h1-5H,(H,17,18). The Morgan fingerprint density at radius 1 is 1.44 bits per heavy atom. The highest BCUT2D eigenvalue weighted by Gasteiger charge is 2.22. The number of carbonyl (C=O) groups excluding carboxylic acids is 1. The molecule has 92 valence electrons. The first-order chi connectivity index (χ1) is 8.56. The molecule has 1 aromatic carbocycles. The zero-order valence-corrected chi connectivity index (χ0v) is 11.1. The summed E-state index contributed by atoms with van der Waals surface area (Å²) in [5.74, 6) is -1.27. The van der Waals surface area contributed by atoms with E-state index in [1.807, 2.05) is 0 Å². The Bertz CT molecular complexity index is 639. The lowest BCUT2D eigenvalue weighted by Gasteiger charge is -2.04. The van der Waals surface area contributed by atoms with E-state index in [9.17, 15) is 9.59 Å². The summed E-state index contributed by atoms with van der Waals surface area (Å²) in [7, 11) is 0. The molecule has 0 unspecified atom stereocenters. The molecule has 0 aliphatic heterocycles. The fourth-order valence-electron chi connectivity index (χ4n) is 1.46. The van der Waals surface area contributed by atoms with Gasteiger partial charge >= 0.3 is 5.97 Å². The van der Waals surface area contributed by atoms with Crippen molar-refractivity contribution < 1.29 is 14.7 Å². The lowest BCUT2D eigenvalue weighted by Crippen LogP contribution is -2.02. The number of benzene rings is 1. The van der Waals surface area contributed by atoms with Crippen LogP contribution in [0.4, 0.5) is 0 Å². The van der Waals surface area contributed by atoms with Crippen LogP contribution in [-0.2, 0) is 0 Å². The lowest BCUT2D eigenvalue weighted by atomic mass is 10.3. The van der Waals surface area contributed by atoms with Gasteiger partial charge in [0.05, 0.1) is 16.3 Å². The Kier molecular flexibility index (Phi) is 3.49. The van der Waals surface area contributed by atoms with Gasteiger partial charge in [0, 0.05) is 0 Å². The van der Waals surface area contributed by atoms with Crippen LogP contribution in [0.15, 0.2) is 28.9 Å². The number of rotatable bonds is 3. The number of carboxylic acids is 1. The Hall–Kier alpha value is -1.66. The quantitative estimate of drug-likeness (QED) is 0.879. The summed E-state index contributed by atoms with van der Waals surface area (Å²) in [6.07, 6.45) is 0.438. The van der Waals surface area contributed by atoms with Crippen LogP contribution in [0.5, 0.6) is 0 Å². The molecule has 0 radical (unpaired) electrons. The molecule has 0 atom stereocenters. The van der Waals surface area contributed by atoms with Crippen molar-refractivity contribution in [1.82, 2.24) is 9.78 Å². The molecule has 0 spiro atoms. The van der Waals surface area contributed by atoms with Crippen molar-refractivity contribution in [2.24, 2.45) is 0 Å². The lowest BCUT2D eigenvalue weighted by molar-refractivity contribution is 0.0687. The molecule has 0 bridgehead atoms. The number of nitrogens with zero attached hydrogens (tertiary/aromatic N) is 2. The van der Waals surface area contributed by atoms with Crippen LogP contribution in [0.3, 0.4) is 0 Å². The van der Waals surface area contributed by atoms with Gasteiger partial charge in [0.2, 0.25) is 0 Å². The molecule has 7 heteroatoms.